The standard InChI is InChI=1S/C31H33BN4O/c1-23(24-7-3-2-4-8-24)36-21-26-19-25(29-9-5-14-33-30(29)31(26)37-22-36)20-34-15-6-16-35(18-17-34)28-12-10-27(32)11-13-28/h2-5,7-14,19,23H,6,15-18,20-22H2,1H3. The van der Waals surface area contributed by atoms with Crippen molar-refractivity contribution in [3.63, 3.8) is 0 Å². The van der Waals surface area contributed by atoms with Crippen LogP contribution in [0.25, 0.3) is 10.9 Å². The van der Waals surface area contributed by atoms with Gasteiger partial charge < -0.3 is 9.64 Å². The van der Waals surface area contributed by atoms with Crippen LogP contribution in [-0.2, 0) is 13.1 Å². The van der Waals surface area contributed by atoms with Gasteiger partial charge >= 0.3 is 0 Å². The minimum atomic E-state index is 0.280. The number of fused-ring (bicyclic) bond motifs is 3. The second-order valence-corrected chi connectivity index (χ2v) is 10.2. The summed E-state index contributed by atoms with van der Waals surface area (Å²) >= 11 is 0. The van der Waals surface area contributed by atoms with Gasteiger partial charge in [-0.2, -0.15) is 0 Å². The van der Waals surface area contributed by atoms with Crippen molar-refractivity contribution in [3.05, 3.63) is 95.7 Å². The van der Waals surface area contributed by atoms with Crippen molar-refractivity contribution in [2.45, 2.75) is 32.5 Å². The zero-order valence-electron chi connectivity index (χ0n) is 21.5. The van der Waals surface area contributed by atoms with Gasteiger partial charge in [-0.3, -0.25) is 14.8 Å². The molecule has 1 fully saturated rings. The van der Waals surface area contributed by atoms with E-state index in [0.717, 1.165) is 62.4 Å². The van der Waals surface area contributed by atoms with Gasteiger partial charge in [0.25, 0.3) is 0 Å². The highest BCUT2D eigenvalue weighted by Crippen LogP contribution is 2.37. The van der Waals surface area contributed by atoms with E-state index in [-0.39, 0.29) is 6.04 Å². The molecular formula is C31H33BN4O. The van der Waals surface area contributed by atoms with E-state index >= 15 is 0 Å². The Morgan fingerprint density at radius 2 is 1.78 bits per heavy atom. The topological polar surface area (TPSA) is 31.8 Å². The van der Waals surface area contributed by atoms with Crippen LogP contribution in [0.5, 0.6) is 5.75 Å². The number of aromatic nitrogens is 1. The van der Waals surface area contributed by atoms with Crippen LogP contribution in [-0.4, -0.2) is 55.5 Å². The molecule has 37 heavy (non-hydrogen) atoms. The van der Waals surface area contributed by atoms with Gasteiger partial charge in [0, 0.05) is 68.1 Å². The third-order valence-electron chi connectivity index (χ3n) is 7.83. The van der Waals surface area contributed by atoms with Crippen LogP contribution in [0.1, 0.15) is 36.1 Å². The van der Waals surface area contributed by atoms with Gasteiger partial charge in [-0.15, -0.1) is 0 Å². The van der Waals surface area contributed by atoms with Crippen LogP contribution in [0.4, 0.5) is 5.69 Å². The van der Waals surface area contributed by atoms with Crippen molar-refractivity contribution in [1.82, 2.24) is 14.8 Å². The zero-order chi connectivity index (χ0) is 25.2. The van der Waals surface area contributed by atoms with E-state index in [0.29, 0.717) is 6.73 Å². The van der Waals surface area contributed by atoms with Crippen molar-refractivity contribution < 1.29 is 4.74 Å². The first-order chi connectivity index (χ1) is 18.2. The molecule has 6 heteroatoms. The Morgan fingerprint density at radius 3 is 2.62 bits per heavy atom. The van der Waals surface area contributed by atoms with Crippen LogP contribution < -0.4 is 15.1 Å². The molecule has 0 bridgehead atoms. The maximum Gasteiger partial charge on any atom is 0.152 e. The van der Waals surface area contributed by atoms with E-state index in [1.54, 1.807) is 0 Å². The predicted molar refractivity (Wildman–Crippen MR) is 152 cm³/mol. The van der Waals surface area contributed by atoms with Gasteiger partial charge in [-0.1, -0.05) is 54.0 Å². The van der Waals surface area contributed by atoms with Crippen LogP contribution >= 0.6 is 0 Å². The molecule has 2 aliphatic rings. The summed E-state index contributed by atoms with van der Waals surface area (Å²) in [4.78, 5) is 12.2. The fraction of sp³-hybridized carbons (Fsp3) is 0.323. The lowest BCUT2D eigenvalue weighted by Gasteiger charge is -2.34. The molecule has 0 saturated carbocycles. The molecule has 0 N–H and O–H groups in total. The number of ether oxygens (including phenoxy) is 1. The lowest BCUT2D eigenvalue weighted by atomic mass is 9.96. The molecule has 2 radical (unpaired) electrons. The number of benzene rings is 3. The summed E-state index contributed by atoms with van der Waals surface area (Å²) in [5, 5.41) is 1.20. The SMILES string of the molecule is [B]c1ccc(N2CCCN(Cc3cc4c(c5ncccc35)OCN(C(C)c3ccccc3)C4)CC2)cc1. The largest absolute Gasteiger partial charge is 0.475 e. The fourth-order valence-corrected chi connectivity index (χ4v) is 5.68. The number of nitrogens with zero attached hydrogens (tertiary/aromatic N) is 4. The van der Waals surface area contributed by atoms with Crippen molar-refractivity contribution in [1.29, 1.82) is 0 Å². The van der Waals surface area contributed by atoms with E-state index in [1.165, 1.54) is 27.8 Å². The van der Waals surface area contributed by atoms with E-state index < -0.39 is 0 Å². The molecule has 0 spiro atoms. The van der Waals surface area contributed by atoms with E-state index in [2.05, 4.69) is 76.2 Å². The lowest BCUT2D eigenvalue weighted by molar-refractivity contribution is 0.0629. The van der Waals surface area contributed by atoms with Gasteiger partial charge in [0.2, 0.25) is 0 Å². The first kappa shape index (κ1) is 24.0. The molecule has 0 amide bonds. The van der Waals surface area contributed by atoms with Crippen LogP contribution in [0.2, 0.25) is 0 Å². The number of anilines is 1. The minimum absolute atomic E-state index is 0.280. The van der Waals surface area contributed by atoms with Crippen molar-refractivity contribution in [2.24, 2.45) is 0 Å². The lowest BCUT2D eigenvalue weighted by Crippen LogP contribution is -2.34. The average molecular weight is 488 g/mol. The summed E-state index contributed by atoms with van der Waals surface area (Å²) in [5.74, 6) is 0.946. The highest BCUT2D eigenvalue weighted by Gasteiger charge is 2.26. The molecule has 3 heterocycles. The third-order valence-corrected chi connectivity index (χ3v) is 7.83. The van der Waals surface area contributed by atoms with Crippen LogP contribution in [0.15, 0.2) is 79.0 Å². The molecule has 1 unspecified atom stereocenters. The fourth-order valence-electron chi connectivity index (χ4n) is 5.68. The Labute approximate surface area is 221 Å². The minimum Gasteiger partial charge on any atom is -0.475 e. The zero-order valence-corrected chi connectivity index (χ0v) is 21.5. The Kier molecular flexibility index (Phi) is 6.86. The van der Waals surface area contributed by atoms with Gasteiger partial charge in [0.1, 0.15) is 20.1 Å². The van der Waals surface area contributed by atoms with Gasteiger partial charge in [-0.25, -0.2) is 0 Å². The number of hydrogen-bond donors (Lipinski definition) is 0. The maximum atomic E-state index is 6.36. The highest BCUT2D eigenvalue weighted by atomic mass is 16.5. The normalized spacial score (nSPS) is 17.7. The van der Waals surface area contributed by atoms with Crippen molar-refractivity contribution >= 4 is 29.9 Å². The number of rotatable bonds is 5. The van der Waals surface area contributed by atoms with E-state index in [1.807, 2.05) is 24.4 Å². The molecule has 186 valence electrons. The Morgan fingerprint density at radius 1 is 0.946 bits per heavy atom. The van der Waals surface area contributed by atoms with Crippen LogP contribution in [0, 0.1) is 0 Å². The van der Waals surface area contributed by atoms with Gasteiger partial charge in [0.05, 0.1) is 0 Å². The predicted octanol–water partition coefficient (Wildman–Crippen LogP) is 4.65. The summed E-state index contributed by atoms with van der Waals surface area (Å²) in [6.07, 6.45) is 3.02. The molecule has 2 aliphatic heterocycles. The Hall–Kier alpha value is -3.35. The summed E-state index contributed by atoms with van der Waals surface area (Å²) < 4.78 is 6.36. The first-order valence-electron chi connectivity index (χ1n) is 13.3. The summed E-state index contributed by atoms with van der Waals surface area (Å²) in [7, 11) is 5.90. The Balaban J connectivity index is 1.23. The second kappa shape index (κ2) is 10.6. The highest BCUT2D eigenvalue weighted by molar-refractivity contribution is 6.32. The molecule has 6 rings (SSSR count). The molecule has 4 aromatic rings. The molecule has 0 aliphatic carbocycles. The van der Waals surface area contributed by atoms with Crippen molar-refractivity contribution in [2.75, 3.05) is 37.8 Å². The smallest absolute Gasteiger partial charge is 0.152 e. The average Bonchev–Trinajstić information content (AvgIpc) is 3.19. The molecule has 1 atom stereocenters. The summed E-state index contributed by atoms with van der Waals surface area (Å²) in [6, 6.07) is 25.8. The molecule has 1 aromatic heterocycles. The number of hydrogen-bond acceptors (Lipinski definition) is 5. The third kappa shape index (κ3) is 5.09. The quantitative estimate of drug-likeness (QED) is 0.382. The van der Waals surface area contributed by atoms with Gasteiger partial charge in [0.15, 0.2) is 5.75 Å². The van der Waals surface area contributed by atoms with Crippen LogP contribution in [0.3, 0.4) is 0 Å². The second-order valence-electron chi connectivity index (χ2n) is 10.2. The van der Waals surface area contributed by atoms with Crippen molar-refractivity contribution in [3.8, 4) is 5.75 Å². The monoisotopic (exact) mass is 488 g/mol. The van der Waals surface area contributed by atoms with Gasteiger partial charge in [-0.05, 0) is 48.7 Å². The molecule has 5 nitrogen and oxygen atoms in total. The molecule has 1 saturated heterocycles. The molecular weight excluding hydrogens is 455 g/mol. The summed E-state index contributed by atoms with van der Waals surface area (Å²) in [5.41, 5.74) is 6.93. The first-order valence-corrected chi connectivity index (χ1v) is 13.3. The van der Waals surface area contributed by atoms with E-state index in [4.69, 9.17) is 17.6 Å². The maximum absolute atomic E-state index is 6.36. The Bertz CT molecular complexity index is 1360. The summed E-state index contributed by atoms with van der Waals surface area (Å²) in [6.45, 7) is 8.78. The number of pyridine rings is 1. The van der Waals surface area contributed by atoms with E-state index in [9.17, 15) is 0 Å². The molecule has 3 aromatic carbocycles.